The summed E-state index contributed by atoms with van der Waals surface area (Å²) in [5.74, 6) is -0.181. The molecule has 140 valence electrons. The van der Waals surface area contributed by atoms with E-state index in [1.807, 2.05) is 31.2 Å². The first kappa shape index (κ1) is 17.7. The highest BCUT2D eigenvalue weighted by Gasteiger charge is 2.31. The molecule has 0 unspecified atom stereocenters. The fraction of sp³-hybridized carbons (Fsp3) is 0.263. The second kappa shape index (κ2) is 6.79. The molecule has 4 rings (SSSR count). The zero-order chi connectivity index (χ0) is 19.0. The molecule has 2 aromatic carbocycles. The molecule has 3 aromatic rings. The lowest BCUT2D eigenvalue weighted by Crippen LogP contribution is -2.50. The number of carbonyl (C=O) groups is 1. The highest BCUT2D eigenvalue weighted by Crippen LogP contribution is 2.21. The van der Waals surface area contributed by atoms with Crippen molar-refractivity contribution >= 4 is 26.8 Å². The third kappa shape index (κ3) is 3.22. The molecule has 1 amide bonds. The summed E-state index contributed by atoms with van der Waals surface area (Å²) < 4.78 is 27.0. The van der Waals surface area contributed by atoms with Gasteiger partial charge in [-0.2, -0.15) is 9.40 Å². The van der Waals surface area contributed by atoms with E-state index in [4.69, 9.17) is 0 Å². The maximum atomic E-state index is 12.8. The molecular weight excluding hydrogens is 364 g/mol. The number of hydrogen-bond acceptors (Lipinski definition) is 4. The van der Waals surface area contributed by atoms with Gasteiger partial charge in [-0.15, -0.1) is 0 Å². The molecule has 1 aliphatic rings. The monoisotopic (exact) mass is 384 g/mol. The molecule has 7 nitrogen and oxygen atoms in total. The zero-order valence-corrected chi connectivity index (χ0v) is 15.7. The Bertz CT molecular complexity index is 1080. The van der Waals surface area contributed by atoms with Crippen LogP contribution >= 0.6 is 0 Å². The third-order valence-electron chi connectivity index (χ3n) is 4.86. The molecule has 1 saturated heterocycles. The van der Waals surface area contributed by atoms with Crippen LogP contribution < -0.4 is 0 Å². The van der Waals surface area contributed by atoms with Crippen LogP contribution in [0.5, 0.6) is 0 Å². The number of sulfonamides is 1. The van der Waals surface area contributed by atoms with Crippen LogP contribution in [0.15, 0.2) is 53.4 Å². The van der Waals surface area contributed by atoms with Crippen LogP contribution in [0.2, 0.25) is 0 Å². The average molecular weight is 384 g/mol. The first-order valence-electron chi connectivity index (χ1n) is 8.76. The van der Waals surface area contributed by atoms with Crippen molar-refractivity contribution in [3.63, 3.8) is 0 Å². The Morgan fingerprint density at radius 2 is 1.67 bits per heavy atom. The number of aromatic amines is 1. The van der Waals surface area contributed by atoms with Crippen LogP contribution in [-0.2, 0) is 10.0 Å². The second-order valence-electron chi connectivity index (χ2n) is 6.63. The van der Waals surface area contributed by atoms with Gasteiger partial charge in [0.2, 0.25) is 10.0 Å². The quantitative estimate of drug-likeness (QED) is 0.748. The van der Waals surface area contributed by atoms with E-state index in [2.05, 4.69) is 10.2 Å². The number of carbonyl (C=O) groups excluding carboxylic acids is 1. The number of nitrogens with one attached hydrogen (secondary N) is 1. The van der Waals surface area contributed by atoms with Crippen LogP contribution in [0.3, 0.4) is 0 Å². The fourth-order valence-electron chi connectivity index (χ4n) is 3.27. The van der Waals surface area contributed by atoms with E-state index in [9.17, 15) is 13.2 Å². The largest absolute Gasteiger partial charge is 0.335 e. The third-order valence-corrected chi connectivity index (χ3v) is 6.77. The first-order valence-corrected chi connectivity index (χ1v) is 10.2. The Kier molecular flexibility index (Phi) is 4.45. The molecule has 1 N–H and O–H groups in total. The number of hydrogen-bond donors (Lipinski definition) is 1. The Morgan fingerprint density at radius 3 is 2.37 bits per heavy atom. The topological polar surface area (TPSA) is 86.4 Å². The molecule has 0 bridgehead atoms. The van der Waals surface area contributed by atoms with E-state index >= 15 is 0 Å². The Labute approximate surface area is 157 Å². The molecule has 1 fully saturated rings. The number of nitrogens with zero attached hydrogens (tertiary/aromatic N) is 3. The van der Waals surface area contributed by atoms with E-state index in [0.29, 0.717) is 18.8 Å². The summed E-state index contributed by atoms with van der Waals surface area (Å²) in [6.07, 6.45) is 0. The summed E-state index contributed by atoms with van der Waals surface area (Å²) in [7, 11) is -3.54. The number of aryl methyl sites for hydroxylation is 1. The van der Waals surface area contributed by atoms with Crippen molar-refractivity contribution in [2.45, 2.75) is 11.8 Å². The second-order valence-corrected chi connectivity index (χ2v) is 8.57. The molecular formula is C19H20N4O3S. The van der Waals surface area contributed by atoms with Crippen molar-refractivity contribution in [1.82, 2.24) is 19.4 Å². The normalized spacial score (nSPS) is 16.0. The van der Waals surface area contributed by atoms with Gasteiger partial charge in [-0.3, -0.25) is 9.89 Å². The lowest BCUT2D eigenvalue weighted by Gasteiger charge is -2.33. The number of rotatable bonds is 3. The van der Waals surface area contributed by atoms with Crippen molar-refractivity contribution in [3.05, 3.63) is 59.8 Å². The van der Waals surface area contributed by atoms with Crippen LogP contribution in [0.25, 0.3) is 10.9 Å². The standard InChI is InChI=1S/C19H20N4O3S/c1-14-6-8-15(9-7-14)27(25,26)23-12-10-22(11-13-23)19(24)18-16-4-2-3-5-17(16)20-21-18/h2-9H,10-13H2,1H3,(H,20,21). The number of fused-ring (bicyclic) bond motifs is 1. The van der Waals surface area contributed by atoms with Gasteiger partial charge < -0.3 is 4.90 Å². The van der Waals surface area contributed by atoms with Crippen molar-refractivity contribution < 1.29 is 13.2 Å². The number of benzene rings is 2. The van der Waals surface area contributed by atoms with Crippen LogP contribution in [-0.4, -0.2) is 59.9 Å². The lowest BCUT2D eigenvalue weighted by molar-refractivity contribution is 0.0694. The summed E-state index contributed by atoms with van der Waals surface area (Å²) in [6, 6.07) is 14.3. The van der Waals surface area contributed by atoms with Gasteiger partial charge in [0, 0.05) is 31.6 Å². The Morgan fingerprint density at radius 1 is 1.00 bits per heavy atom. The maximum absolute atomic E-state index is 12.8. The van der Waals surface area contributed by atoms with Gasteiger partial charge in [0.15, 0.2) is 5.69 Å². The van der Waals surface area contributed by atoms with Crippen LogP contribution in [0.4, 0.5) is 0 Å². The van der Waals surface area contributed by atoms with Gasteiger partial charge in [0.25, 0.3) is 5.91 Å². The highest BCUT2D eigenvalue weighted by atomic mass is 32.2. The van der Waals surface area contributed by atoms with E-state index in [0.717, 1.165) is 16.5 Å². The number of para-hydroxylation sites is 1. The zero-order valence-electron chi connectivity index (χ0n) is 14.9. The van der Waals surface area contributed by atoms with Crippen LogP contribution in [0, 0.1) is 6.92 Å². The molecule has 0 spiro atoms. The summed E-state index contributed by atoms with van der Waals surface area (Å²) in [4.78, 5) is 14.8. The molecule has 0 atom stereocenters. The fourth-order valence-corrected chi connectivity index (χ4v) is 4.69. The van der Waals surface area contributed by atoms with Gasteiger partial charge in [-0.1, -0.05) is 35.9 Å². The van der Waals surface area contributed by atoms with E-state index in [1.165, 1.54) is 4.31 Å². The van der Waals surface area contributed by atoms with E-state index in [1.54, 1.807) is 29.2 Å². The minimum atomic E-state index is -3.54. The SMILES string of the molecule is Cc1ccc(S(=O)(=O)N2CCN(C(=O)c3n[nH]c4ccccc34)CC2)cc1. The van der Waals surface area contributed by atoms with Crippen molar-refractivity contribution in [2.24, 2.45) is 0 Å². The van der Waals surface area contributed by atoms with E-state index < -0.39 is 10.0 Å². The van der Waals surface area contributed by atoms with E-state index in [-0.39, 0.29) is 23.9 Å². The molecule has 27 heavy (non-hydrogen) atoms. The van der Waals surface area contributed by atoms with Crippen molar-refractivity contribution in [1.29, 1.82) is 0 Å². The van der Waals surface area contributed by atoms with Gasteiger partial charge in [0.05, 0.1) is 10.4 Å². The summed E-state index contributed by atoms with van der Waals surface area (Å²) >= 11 is 0. The number of aromatic nitrogens is 2. The molecule has 1 aromatic heterocycles. The highest BCUT2D eigenvalue weighted by molar-refractivity contribution is 7.89. The van der Waals surface area contributed by atoms with Gasteiger partial charge >= 0.3 is 0 Å². The number of H-pyrrole nitrogens is 1. The summed E-state index contributed by atoms with van der Waals surface area (Å²) in [6.45, 7) is 3.13. The molecule has 0 saturated carbocycles. The van der Waals surface area contributed by atoms with Gasteiger partial charge in [0.1, 0.15) is 0 Å². The average Bonchev–Trinajstić information content (AvgIpc) is 3.12. The molecule has 2 heterocycles. The van der Waals surface area contributed by atoms with Crippen molar-refractivity contribution in [2.75, 3.05) is 26.2 Å². The minimum absolute atomic E-state index is 0.181. The molecule has 0 aliphatic carbocycles. The first-order chi connectivity index (χ1) is 13.0. The molecule has 0 radical (unpaired) electrons. The molecule has 1 aliphatic heterocycles. The Hall–Kier alpha value is -2.71. The Balaban J connectivity index is 1.48. The maximum Gasteiger partial charge on any atom is 0.275 e. The van der Waals surface area contributed by atoms with Gasteiger partial charge in [-0.05, 0) is 25.1 Å². The predicted octanol–water partition coefficient (Wildman–Crippen LogP) is 2.02. The number of amides is 1. The van der Waals surface area contributed by atoms with Gasteiger partial charge in [-0.25, -0.2) is 8.42 Å². The number of piperazine rings is 1. The summed E-state index contributed by atoms with van der Waals surface area (Å²) in [5, 5.41) is 7.78. The predicted molar refractivity (Wildman–Crippen MR) is 102 cm³/mol. The smallest absolute Gasteiger partial charge is 0.275 e. The van der Waals surface area contributed by atoms with Crippen LogP contribution in [0.1, 0.15) is 16.1 Å². The van der Waals surface area contributed by atoms with Crippen molar-refractivity contribution in [3.8, 4) is 0 Å². The summed E-state index contributed by atoms with van der Waals surface area (Å²) in [5.41, 5.74) is 2.19. The lowest BCUT2D eigenvalue weighted by atomic mass is 10.2. The minimum Gasteiger partial charge on any atom is -0.335 e. The molecule has 8 heteroatoms.